The average molecular weight is 380 g/mol. The number of carbonyl (C=O) groups excluding carboxylic acids is 1. The summed E-state index contributed by atoms with van der Waals surface area (Å²) in [5, 5.41) is 0. The first-order valence-electron chi connectivity index (χ1n) is 10.1. The SMILES string of the molecule is COCCC(=O)N1C[C@@H]2CN(Cc3cccnc3)C[C@@H]2[C@H]1c1ccccc1C. The molecule has 0 bridgehead atoms. The van der Waals surface area contributed by atoms with E-state index in [9.17, 15) is 4.79 Å². The Morgan fingerprint density at radius 3 is 2.79 bits per heavy atom. The molecule has 0 N–H and O–H groups in total. The Morgan fingerprint density at radius 2 is 2.04 bits per heavy atom. The summed E-state index contributed by atoms with van der Waals surface area (Å²) < 4.78 is 5.15. The Balaban J connectivity index is 1.55. The molecular formula is C23H29N3O2. The van der Waals surface area contributed by atoms with Crippen molar-refractivity contribution in [3.8, 4) is 0 Å². The van der Waals surface area contributed by atoms with Crippen LogP contribution >= 0.6 is 0 Å². The van der Waals surface area contributed by atoms with Gasteiger partial charge in [0.15, 0.2) is 0 Å². The number of carbonyl (C=O) groups is 1. The molecule has 0 radical (unpaired) electrons. The first-order chi connectivity index (χ1) is 13.7. The maximum Gasteiger partial charge on any atom is 0.225 e. The molecule has 2 aromatic rings. The molecule has 3 heterocycles. The van der Waals surface area contributed by atoms with Crippen molar-refractivity contribution in [1.82, 2.24) is 14.8 Å². The Bertz CT molecular complexity index is 811. The van der Waals surface area contributed by atoms with Crippen LogP contribution in [0.4, 0.5) is 0 Å². The van der Waals surface area contributed by atoms with Gasteiger partial charge in [-0.15, -0.1) is 0 Å². The summed E-state index contributed by atoms with van der Waals surface area (Å²) in [6, 6.07) is 12.8. The molecule has 2 fully saturated rings. The molecule has 2 aliphatic rings. The predicted molar refractivity (Wildman–Crippen MR) is 109 cm³/mol. The van der Waals surface area contributed by atoms with Crippen LogP contribution in [-0.2, 0) is 16.1 Å². The number of aromatic nitrogens is 1. The molecule has 0 saturated carbocycles. The van der Waals surface area contributed by atoms with Gasteiger partial charge in [0, 0.05) is 51.6 Å². The fraction of sp³-hybridized carbons (Fsp3) is 0.478. The van der Waals surface area contributed by atoms with Crippen molar-refractivity contribution in [2.75, 3.05) is 33.4 Å². The lowest BCUT2D eigenvalue weighted by Crippen LogP contribution is -2.36. The molecule has 1 amide bonds. The maximum absolute atomic E-state index is 12.9. The molecule has 5 nitrogen and oxygen atoms in total. The van der Waals surface area contributed by atoms with Gasteiger partial charge in [0.1, 0.15) is 0 Å². The third-order valence-electron chi connectivity index (χ3n) is 6.22. The number of amides is 1. The van der Waals surface area contributed by atoms with Crippen molar-refractivity contribution in [2.45, 2.75) is 25.9 Å². The quantitative estimate of drug-likeness (QED) is 0.774. The first kappa shape index (κ1) is 19.1. The van der Waals surface area contributed by atoms with Gasteiger partial charge in [0.2, 0.25) is 5.91 Å². The van der Waals surface area contributed by atoms with Gasteiger partial charge in [-0.3, -0.25) is 14.7 Å². The number of nitrogens with zero attached hydrogens (tertiary/aromatic N) is 3. The second-order valence-electron chi connectivity index (χ2n) is 8.07. The fourth-order valence-corrected chi connectivity index (χ4v) is 4.92. The Labute approximate surface area is 167 Å². The highest BCUT2D eigenvalue weighted by Gasteiger charge is 2.49. The summed E-state index contributed by atoms with van der Waals surface area (Å²) in [4.78, 5) is 21.8. The fourth-order valence-electron chi connectivity index (χ4n) is 4.92. The molecule has 1 aromatic heterocycles. The first-order valence-corrected chi connectivity index (χ1v) is 10.1. The maximum atomic E-state index is 12.9. The lowest BCUT2D eigenvalue weighted by Gasteiger charge is -2.31. The third-order valence-corrected chi connectivity index (χ3v) is 6.22. The van der Waals surface area contributed by atoms with E-state index in [2.05, 4.69) is 52.0 Å². The third kappa shape index (κ3) is 3.82. The molecule has 1 aromatic carbocycles. The molecule has 148 valence electrons. The van der Waals surface area contributed by atoms with Crippen molar-refractivity contribution < 1.29 is 9.53 Å². The summed E-state index contributed by atoms with van der Waals surface area (Å²) in [7, 11) is 1.65. The van der Waals surface area contributed by atoms with Gasteiger partial charge in [-0.25, -0.2) is 0 Å². The zero-order valence-electron chi connectivity index (χ0n) is 16.8. The molecule has 28 heavy (non-hydrogen) atoms. The van der Waals surface area contributed by atoms with E-state index in [0.717, 1.165) is 26.2 Å². The normalized spacial score (nSPS) is 24.5. The van der Waals surface area contributed by atoms with Gasteiger partial charge in [-0.2, -0.15) is 0 Å². The molecule has 0 aliphatic carbocycles. The Hall–Kier alpha value is -2.24. The smallest absolute Gasteiger partial charge is 0.225 e. The molecule has 4 rings (SSSR count). The van der Waals surface area contributed by atoms with Gasteiger partial charge in [0.05, 0.1) is 19.1 Å². The van der Waals surface area contributed by atoms with E-state index in [1.807, 2.05) is 18.5 Å². The van der Waals surface area contributed by atoms with Gasteiger partial charge < -0.3 is 9.64 Å². The largest absolute Gasteiger partial charge is 0.384 e. The second-order valence-corrected chi connectivity index (χ2v) is 8.07. The number of hydrogen-bond donors (Lipinski definition) is 0. The highest BCUT2D eigenvalue weighted by atomic mass is 16.5. The topological polar surface area (TPSA) is 45.7 Å². The standard InChI is InChI=1S/C23H29N3O2/c1-17-6-3-4-8-20(17)23-21-16-25(13-18-7-5-10-24-12-18)14-19(21)15-26(23)22(27)9-11-28-2/h3-8,10,12,19,21,23H,9,11,13-16H2,1-2H3/t19-,21-,23+/m0/s1. The van der Waals surface area contributed by atoms with Gasteiger partial charge in [-0.05, 0) is 35.6 Å². The number of benzene rings is 1. The molecule has 2 saturated heterocycles. The lowest BCUT2D eigenvalue weighted by atomic mass is 9.87. The number of ether oxygens (including phenoxy) is 1. The molecule has 5 heteroatoms. The summed E-state index contributed by atoms with van der Waals surface area (Å²) in [5.41, 5.74) is 3.82. The minimum Gasteiger partial charge on any atom is -0.384 e. The number of likely N-dealkylation sites (tertiary alicyclic amines) is 2. The molecular weight excluding hydrogens is 350 g/mol. The van der Waals surface area contributed by atoms with E-state index in [1.165, 1.54) is 16.7 Å². The van der Waals surface area contributed by atoms with Crippen LogP contribution < -0.4 is 0 Å². The number of rotatable bonds is 6. The lowest BCUT2D eigenvalue weighted by molar-refractivity contribution is -0.133. The second kappa shape index (κ2) is 8.41. The number of pyridine rings is 1. The van der Waals surface area contributed by atoms with Crippen molar-refractivity contribution in [1.29, 1.82) is 0 Å². The monoisotopic (exact) mass is 379 g/mol. The molecule has 3 atom stereocenters. The van der Waals surface area contributed by atoms with E-state index in [4.69, 9.17) is 4.74 Å². The van der Waals surface area contributed by atoms with Crippen molar-refractivity contribution >= 4 is 5.91 Å². The van der Waals surface area contributed by atoms with E-state index >= 15 is 0 Å². The van der Waals surface area contributed by atoms with E-state index < -0.39 is 0 Å². The van der Waals surface area contributed by atoms with Gasteiger partial charge in [-0.1, -0.05) is 30.3 Å². The van der Waals surface area contributed by atoms with Crippen molar-refractivity contribution in [3.63, 3.8) is 0 Å². The minimum absolute atomic E-state index is 0.162. The molecule has 2 aliphatic heterocycles. The van der Waals surface area contributed by atoms with Crippen LogP contribution in [0, 0.1) is 18.8 Å². The zero-order valence-corrected chi connectivity index (χ0v) is 16.8. The summed E-state index contributed by atoms with van der Waals surface area (Å²) in [6.45, 7) is 6.47. The highest BCUT2D eigenvalue weighted by molar-refractivity contribution is 5.77. The Kier molecular flexibility index (Phi) is 5.74. The molecule has 0 unspecified atom stereocenters. The number of hydrogen-bond acceptors (Lipinski definition) is 4. The number of aryl methyl sites for hydroxylation is 1. The summed E-state index contributed by atoms with van der Waals surface area (Å²) in [5.74, 6) is 1.21. The van der Waals surface area contributed by atoms with Crippen LogP contribution in [0.3, 0.4) is 0 Å². The van der Waals surface area contributed by atoms with Gasteiger partial charge in [0.25, 0.3) is 0 Å². The van der Waals surface area contributed by atoms with Crippen molar-refractivity contribution in [2.24, 2.45) is 11.8 Å². The summed E-state index contributed by atoms with van der Waals surface area (Å²) in [6.07, 6.45) is 4.23. The van der Waals surface area contributed by atoms with E-state index in [1.54, 1.807) is 7.11 Å². The summed E-state index contributed by atoms with van der Waals surface area (Å²) >= 11 is 0. The van der Waals surface area contributed by atoms with E-state index in [-0.39, 0.29) is 11.9 Å². The van der Waals surface area contributed by atoms with Crippen LogP contribution in [-0.4, -0.2) is 54.0 Å². The van der Waals surface area contributed by atoms with Crippen LogP contribution in [0.1, 0.15) is 29.2 Å². The van der Waals surface area contributed by atoms with Crippen LogP contribution in [0.15, 0.2) is 48.8 Å². The zero-order chi connectivity index (χ0) is 19.5. The van der Waals surface area contributed by atoms with Crippen LogP contribution in [0.25, 0.3) is 0 Å². The van der Waals surface area contributed by atoms with Gasteiger partial charge >= 0.3 is 0 Å². The van der Waals surface area contributed by atoms with Crippen molar-refractivity contribution in [3.05, 3.63) is 65.5 Å². The van der Waals surface area contributed by atoms with E-state index in [0.29, 0.717) is 24.9 Å². The minimum atomic E-state index is 0.162. The highest BCUT2D eigenvalue weighted by Crippen LogP contribution is 2.46. The number of methoxy groups -OCH3 is 1. The average Bonchev–Trinajstić information content (AvgIpc) is 3.25. The number of fused-ring (bicyclic) bond motifs is 1. The predicted octanol–water partition coefficient (Wildman–Crippen LogP) is 3.06. The Morgan fingerprint density at radius 1 is 1.18 bits per heavy atom. The van der Waals surface area contributed by atoms with Crippen LogP contribution in [0.2, 0.25) is 0 Å². The molecule has 0 spiro atoms. The van der Waals surface area contributed by atoms with Crippen LogP contribution in [0.5, 0.6) is 0 Å².